The molecule has 3 aromatic rings. The van der Waals surface area contributed by atoms with Crippen molar-refractivity contribution in [3.8, 4) is 0 Å². The summed E-state index contributed by atoms with van der Waals surface area (Å²) < 4.78 is 0. The zero-order chi connectivity index (χ0) is 26.4. The third-order valence-electron chi connectivity index (χ3n) is 6.36. The van der Waals surface area contributed by atoms with Crippen molar-refractivity contribution in [1.29, 1.82) is 0 Å². The summed E-state index contributed by atoms with van der Waals surface area (Å²) in [5.74, 6) is 5.01. The van der Waals surface area contributed by atoms with Crippen molar-refractivity contribution < 1.29 is 0 Å². The normalized spacial score (nSPS) is 11.6. The highest BCUT2D eigenvalue weighted by Crippen LogP contribution is 2.17. The highest BCUT2D eigenvalue weighted by Gasteiger charge is 2.01. The lowest BCUT2D eigenvalue weighted by molar-refractivity contribution is 0.431. The van der Waals surface area contributed by atoms with Crippen LogP contribution in [0.2, 0.25) is 0 Å². The Morgan fingerprint density at radius 2 is 1.00 bits per heavy atom. The summed E-state index contributed by atoms with van der Waals surface area (Å²) in [6.45, 7) is 3.23. The smallest absolute Gasteiger partial charge is 0.0658 e. The van der Waals surface area contributed by atoms with Crippen LogP contribution in [0.1, 0.15) is 81.1 Å². The van der Waals surface area contributed by atoms with Gasteiger partial charge in [-0.2, -0.15) is 11.1 Å². The van der Waals surface area contributed by atoms with Crippen molar-refractivity contribution in [3.63, 3.8) is 0 Å². The van der Waals surface area contributed by atoms with Crippen molar-refractivity contribution >= 4 is 57.3 Å². The number of nitrogens with two attached hydrogens (primary N) is 1. The van der Waals surface area contributed by atoms with Gasteiger partial charge in [0.2, 0.25) is 0 Å². The minimum atomic E-state index is 0. The Morgan fingerprint density at radius 1 is 0.615 bits per heavy atom. The van der Waals surface area contributed by atoms with Crippen molar-refractivity contribution in [3.05, 3.63) is 71.3 Å². The lowest BCUT2D eigenvalue weighted by Gasteiger charge is -2.04. The first-order valence-corrected chi connectivity index (χ1v) is 13.7. The van der Waals surface area contributed by atoms with E-state index in [1.807, 2.05) is 48.6 Å². The van der Waals surface area contributed by atoms with Crippen LogP contribution in [0.4, 0.5) is 0 Å². The van der Waals surface area contributed by atoms with Gasteiger partial charge in [0.1, 0.15) is 0 Å². The molecule has 9 heteroatoms. The maximum atomic E-state index is 5.01. The Hall–Kier alpha value is -3.34. The molecule has 2 aliphatic rings. The number of fused-ring (bicyclic) bond motifs is 8. The molecule has 5 heterocycles. The van der Waals surface area contributed by atoms with Gasteiger partial charge in [-0.3, -0.25) is 5.84 Å². The molecule has 8 bridgehead atoms. The zero-order valence-corrected chi connectivity index (χ0v) is 22.3. The van der Waals surface area contributed by atoms with Crippen LogP contribution in [0.25, 0.3) is 46.4 Å². The molecule has 7 N–H and O–H groups in total. The number of hydrazine groups is 3. The van der Waals surface area contributed by atoms with Gasteiger partial charge >= 0.3 is 0 Å². The second-order valence-corrected chi connectivity index (χ2v) is 9.58. The molecular formula is C30H44N8Si. The number of nitrogens with one attached hydrogen (secondary N) is 5. The summed E-state index contributed by atoms with van der Waals surface area (Å²) in [6, 6.07) is 16.4. The van der Waals surface area contributed by atoms with Crippen molar-refractivity contribution in [2.45, 2.75) is 58.3 Å². The molecule has 3 aromatic heterocycles. The zero-order valence-electron chi connectivity index (χ0n) is 22.3. The first kappa shape index (κ1) is 30.2. The van der Waals surface area contributed by atoms with Gasteiger partial charge in [0.05, 0.1) is 22.8 Å². The minimum Gasteiger partial charge on any atom is -0.355 e. The SMILES string of the molecule is C1=Cc2cc3ccc(cc4nc(cc5ccc(cc1n2)[nH]5)C=C4)[nH]3.CCCCCCCCCCNNNN.[SiH4]. The van der Waals surface area contributed by atoms with E-state index in [-0.39, 0.29) is 11.0 Å². The quantitative estimate of drug-likeness (QED) is 0.0615. The van der Waals surface area contributed by atoms with Gasteiger partial charge in [0.25, 0.3) is 0 Å². The number of nitrogens with zero attached hydrogens (tertiary/aromatic N) is 2. The molecule has 0 unspecified atom stereocenters. The van der Waals surface area contributed by atoms with Crippen LogP contribution in [0.5, 0.6) is 0 Å². The lowest BCUT2D eigenvalue weighted by Crippen LogP contribution is -2.47. The van der Waals surface area contributed by atoms with E-state index in [0.29, 0.717) is 0 Å². The largest absolute Gasteiger partial charge is 0.355 e. The van der Waals surface area contributed by atoms with Gasteiger partial charge in [-0.15, -0.1) is 0 Å². The van der Waals surface area contributed by atoms with Gasteiger partial charge in [-0.05, 0) is 90.2 Å². The van der Waals surface area contributed by atoms with Crippen LogP contribution >= 0.6 is 0 Å². The fraction of sp³-hybridized carbons (Fsp3) is 0.333. The molecule has 0 aliphatic carbocycles. The van der Waals surface area contributed by atoms with Crippen molar-refractivity contribution in [1.82, 2.24) is 36.4 Å². The lowest BCUT2D eigenvalue weighted by atomic mass is 10.1. The summed E-state index contributed by atoms with van der Waals surface area (Å²) in [5, 5.41) is 0. The predicted octanol–water partition coefficient (Wildman–Crippen LogP) is 4.80. The average Bonchev–Trinajstić information content (AvgIpc) is 3.72. The number of aromatic amines is 2. The molecule has 39 heavy (non-hydrogen) atoms. The van der Waals surface area contributed by atoms with Crippen molar-refractivity contribution in [2.24, 2.45) is 5.84 Å². The summed E-state index contributed by atoms with van der Waals surface area (Å²) in [4.78, 5) is 16.0. The van der Waals surface area contributed by atoms with Crippen LogP contribution < -0.4 is 22.3 Å². The summed E-state index contributed by atoms with van der Waals surface area (Å²) in [7, 11) is 0. The van der Waals surface area contributed by atoms with E-state index < -0.39 is 0 Å². The highest BCUT2D eigenvalue weighted by atomic mass is 28.1. The molecule has 0 radical (unpaired) electrons. The van der Waals surface area contributed by atoms with Crippen LogP contribution in [-0.2, 0) is 0 Å². The number of aromatic nitrogens is 4. The van der Waals surface area contributed by atoms with E-state index in [9.17, 15) is 0 Å². The van der Waals surface area contributed by atoms with E-state index in [2.05, 4.69) is 67.6 Å². The Bertz CT molecular complexity index is 1190. The van der Waals surface area contributed by atoms with Crippen molar-refractivity contribution in [2.75, 3.05) is 6.54 Å². The second kappa shape index (κ2) is 16.6. The predicted molar refractivity (Wildman–Crippen MR) is 171 cm³/mol. The summed E-state index contributed by atoms with van der Waals surface area (Å²) in [5.41, 5.74) is 15.8. The monoisotopic (exact) mass is 544 g/mol. The fourth-order valence-corrected chi connectivity index (χ4v) is 4.40. The number of unbranched alkanes of at least 4 members (excludes halogenated alkanes) is 7. The molecule has 0 saturated heterocycles. The van der Waals surface area contributed by atoms with E-state index in [1.165, 1.54) is 51.4 Å². The standard InChI is InChI=1S/C20H14N4.C10H26N4.H4Si/c1-2-14-10-16-5-6-18(23-16)12-20-8-7-19(24-20)11-17-4-3-15(22-17)9-13(1)21-14;1-2-3-4-5-6-7-8-9-10-12-14-13-11;/h1-12,21,24H;12-14H,2-11H2,1H3;1H4. The Balaban J connectivity index is 0.000000245. The van der Waals surface area contributed by atoms with E-state index >= 15 is 0 Å². The molecule has 0 atom stereocenters. The maximum absolute atomic E-state index is 5.01. The second-order valence-electron chi connectivity index (χ2n) is 9.58. The van der Waals surface area contributed by atoms with Gasteiger partial charge in [-0.1, -0.05) is 51.9 Å². The molecule has 0 saturated carbocycles. The molecule has 208 valence electrons. The highest BCUT2D eigenvalue weighted by molar-refractivity contribution is 5.77. The molecule has 0 amide bonds. The molecule has 5 rings (SSSR count). The summed E-state index contributed by atoms with van der Waals surface area (Å²) >= 11 is 0. The maximum Gasteiger partial charge on any atom is 0.0658 e. The Labute approximate surface area is 235 Å². The molecule has 0 spiro atoms. The number of hydrogen-bond acceptors (Lipinski definition) is 6. The average molecular weight is 545 g/mol. The Kier molecular flexibility index (Phi) is 12.8. The van der Waals surface area contributed by atoms with E-state index in [0.717, 1.165) is 51.4 Å². The molecular weight excluding hydrogens is 500 g/mol. The fourth-order valence-electron chi connectivity index (χ4n) is 4.40. The first-order chi connectivity index (χ1) is 18.7. The first-order valence-electron chi connectivity index (χ1n) is 13.7. The van der Waals surface area contributed by atoms with Crippen LogP contribution in [0, 0.1) is 0 Å². The van der Waals surface area contributed by atoms with E-state index in [1.54, 1.807) is 0 Å². The third-order valence-corrected chi connectivity index (χ3v) is 6.36. The molecule has 2 aliphatic heterocycles. The third kappa shape index (κ3) is 10.4. The topological polar surface area (TPSA) is 119 Å². The number of hydrogen-bond donors (Lipinski definition) is 6. The van der Waals surface area contributed by atoms with Crippen LogP contribution in [-0.4, -0.2) is 37.4 Å². The number of rotatable bonds is 11. The van der Waals surface area contributed by atoms with Crippen LogP contribution in [0.15, 0.2) is 48.5 Å². The minimum absolute atomic E-state index is 0. The van der Waals surface area contributed by atoms with Crippen LogP contribution in [0.3, 0.4) is 0 Å². The Morgan fingerprint density at radius 3 is 1.38 bits per heavy atom. The van der Waals surface area contributed by atoms with Gasteiger partial charge in [0, 0.05) is 28.6 Å². The van der Waals surface area contributed by atoms with Gasteiger partial charge < -0.3 is 9.97 Å². The molecule has 0 fully saturated rings. The summed E-state index contributed by atoms with van der Waals surface area (Å²) in [6.07, 6.45) is 18.9. The molecule has 8 nitrogen and oxygen atoms in total. The molecule has 0 aromatic carbocycles. The van der Waals surface area contributed by atoms with E-state index in [4.69, 9.17) is 5.84 Å². The number of H-pyrrole nitrogens is 2. The van der Waals surface area contributed by atoms with Gasteiger partial charge in [-0.25, -0.2) is 15.4 Å². The van der Waals surface area contributed by atoms with Gasteiger partial charge in [0.15, 0.2) is 0 Å².